The highest BCUT2D eigenvalue weighted by Gasteiger charge is 2.69. The third-order valence-electron chi connectivity index (χ3n) is 8.47. The van der Waals surface area contributed by atoms with Crippen LogP contribution in [0.25, 0.3) is 0 Å². The minimum Gasteiger partial charge on any atom is -0.471 e. The Hall–Kier alpha value is -2.35. The number of hydrogen-bond acceptors (Lipinski definition) is 7. The smallest absolute Gasteiger partial charge is 0.292 e. The zero-order chi connectivity index (χ0) is 27.6. The van der Waals surface area contributed by atoms with Gasteiger partial charge in [-0.1, -0.05) is 64.9 Å². The van der Waals surface area contributed by atoms with E-state index >= 15 is 0 Å². The van der Waals surface area contributed by atoms with Crippen molar-refractivity contribution in [1.29, 1.82) is 0 Å². The number of hydrogen-bond donors (Lipinski definition) is 1. The molecule has 1 aliphatic carbocycles. The predicted molar refractivity (Wildman–Crippen MR) is 141 cm³/mol. The van der Waals surface area contributed by atoms with Gasteiger partial charge in [-0.2, -0.15) is 0 Å². The molecular weight excluding hydrogens is 472 g/mol. The fourth-order valence-electron chi connectivity index (χ4n) is 6.13. The molecule has 37 heavy (non-hydrogen) atoms. The van der Waals surface area contributed by atoms with E-state index in [0.717, 1.165) is 44.9 Å². The minimum absolute atomic E-state index is 0.0152. The van der Waals surface area contributed by atoms with Gasteiger partial charge in [-0.3, -0.25) is 24.0 Å². The van der Waals surface area contributed by atoms with Crippen molar-refractivity contribution in [3.8, 4) is 0 Å². The summed E-state index contributed by atoms with van der Waals surface area (Å²) in [6.07, 6.45) is 10.6. The number of nitrogens with zero attached hydrogens (tertiary/aromatic N) is 1. The van der Waals surface area contributed by atoms with Crippen molar-refractivity contribution in [2.75, 3.05) is 13.7 Å². The van der Waals surface area contributed by atoms with Gasteiger partial charge in [-0.25, -0.2) is 0 Å². The number of carbonyl (C=O) groups is 5. The SMILES string of the molecule is C=CCCC(=O)C(=O)[C@@H]1CCCCCCCCC[C@H](N)C(=O)N2C[C@H]3[C@@H]([C@H]2C(=O)C1)C3(C)C.COC=O. The highest BCUT2D eigenvalue weighted by atomic mass is 16.5. The van der Waals surface area contributed by atoms with Crippen LogP contribution in [0, 0.1) is 23.2 Å². The van der Waals surface area contributed by atoms with Crippen molar-refractivity contribution < 1.29 is 28.7 Å². The number of ether oxygens (including phenoxy) is 1. The van der Waals surface area contributed by atoms with Gasteiger partial charge in [0.15, 0.2) is 11.6 Å². The number of amides is 1. The minimum atomic E-state index is -0.589. The highest BCUT2D eigenvalue weighted by Crippen LogP contribution is 2.65. The van der Waals surface area contributed by atoms with Crippen LogP contribution in [0.3, 0.4) is 0 Å². The summed E-state index contributed by atoms with van der Waals surface area (Å²) in [5.41, 5.74) is 6.28. The van der Waals surface area contributed by atoms with Crippen molar-refractivity contribution in [3.63, 3.8) is 0 Å². The summed E-state index contributed by atoms with van der Waals surface area (Å²) < 4.78 is 3.86. The Morgan fingerprint density at radius 3 is 2.22 bits per heavy atom. The number of carbonyl (C=O) groups excluding carboxylic acids is 5. The Labute approximate surface area is 221 Å². The van der Waals surface area contributed by atoms with Crippen LogP contribution in [0.2, 0.25) is 0 Å². The number of allylic oxidation sites excluding steroid dienone is 1. The molecule has 0 aromatic heterocycles. The molecule has 5 atom stereocenters. The normalized spacial score (nSPS) is 30.2. The van der Waals surface area contributed by atoms with Crippen molar-refractivity contribution in [3.05, 3.63) is 12.7 Å². The lowest BCUT2D eigenvalue weighted by atomic mass is 9.85. The first-order valence-electron chi connectivity index (χ1n) is 13.8. The lowest BCUT2D eigenvalue weighted by Gasteiger charge is -2.32. The molecule has 2 aliphatic heterocycles. The molecule has 0 aromatic rings. The summed E-state index contributed by atoms with van der Waals surface area (Å²) in [5, 5.41) is 0. The Kier molecular flexibility index (Phi) is 12.1. The number of Topliss-reactive ketones (excluding diaryl/α,β-unsaturated/α-hetero) is 3. The third kappa shape index (κ3) is 8.06. The van der Waals surface area contributed by atoms with Gasteiger partial charge in [0, 0.05) is 25.3 Å². The first-order chi connectivity index (χ1) is 17.6. The first-order valence-corrected chi connectivity index (χ1v) is 13.8. The van der Waals surface area contributed by atoms with Gasteiger partial charge in [0.25, 0.3) is 6.47 Å². The summed E-state index contributed by atoms with van der Waals surface area (Å²) in [7, 11) is 1.31. The van der Waals surface area contributed by atoms with E-state index in [0.29, 0.717) is 38.2 Å². The predicted octanol–water partition coefficient (Wildman–Crippen LogP) is 3.79. The third-order valence-corrected chi connectivity index (χ3v) is 8.47. The van der Waals surface area contributed by atoms with Crippen molar-refractivity contribution in [1.82, 2.24) is 4.90 Å². The van der Waals surface area contributed by atoms with Gasteiger partial charge in [0.2, 0.25) is 11.7 Å². The topological polar surface area (TPSA) is 124 Å². The summed E-state index contributed by atoms with van der Waals surface area (Å²) in [6, 6.07) is -1.10. The summed E-state index contributed by atoms with van der Waals surface area (Å²) in [4.78, 5) is 62.9. The molecule has 0 radical (unpaired) electrons. The Morgan fingerprint density at radius 1 is 1.08 bits per heavy atom. The molecule has 2 N–H and O–H groups in total. The lowest BCUT2D eigenvalue weighted by Crippen LogP contribution is -2.52. The van der Waals surface area contributed by atoms with Crippen LogP contribution in [0.1, 0.15) is 90.9 Å². The van der Waals surface area contributed by atoms with Gasteiger partial charge >= 0.3 is 0 Å². The van der Waals surface area contributed by atoms with Gasteiger partial charge < -0.3 is 15.4 Å². The van der Waals surface area contributed by atoms with E-state index in [2.05, 4.69) is 25.2 Å². The molecule has 1 amide bonds. The summed E-state index contributed by atoms with van der Waals surface area (Å²) in [6.45, 7) is 8.87. The number of rotatable bonds is 6. The fraction of sp³-hybridized carbons (Fsp3) is 0.759. The summed E-state index contributed by atoms with van der Waals surface area (Å²) in [5.74, 6) is -1.21. The molecule has 3 rings (SSSR count). The number of piperidine rings is 1. The van der Waals surface area contributed by atoms with Crippen LogP contribution >= 0.6 is 0 Å². The van der Waals surface area contributed by atoms with Crippen molar-refractivity contribution in [2.24, 2.45) is 28.9 Å². The molecule has 0 bridgehead atoms. The van der Waals surface area contributed by atoms with Crippen molar-refractivity contribution in [2.45, 2.75) is 103 Å². The maximum Gasteiger partial charge on any atom is 0.292 e. The van der Waals surface area contributed by atoms with Crippen LogP contribution in [0.4, 0.5) is 0 Å². The first kappa shape index (κ1) is 30.9. The Morgan fingerprint density at radius 2 is 1.65 bits per heavy atom. The molecule has 3 aliphatic rings. The maximum absolute atomic E-state index is 13.6. The van der Waals surface area contributed by atoms with Crippen LogP contribution in [-0.2, 0) is 28.7 Å². The zero-order valence-corrected chi connectivity index (χ0v) is 22.9. The van der Waals surface area contributed by atoms with E-state index in [1.807, 2.05) is 0 Å². The second-order valence-electron chi connectivity index (χ2n) is 11.4. The number of nitrogens with two attached hydrogens (primary N) is 1. The van der Waals surface area contributed by atoms with Gasteiger partial charge in [0.05, 0.1) is 19.2 Å². The van der Waals surface area contributed by atoms with Crippen LogP contribution in [0.5, 0.6) is 0 Å². The maximum atomic E-state index is 13.6. The quantitative estimate of drug-likeness (QED) is 0.322. The zero-order valence-electron chi connectivity index (χ0n) is 22.9. The highest BCUT2D eigenvalue weighted by molar-refractivity contribution is 6.38. The van der Waals surface area contributed by atoms with Crippen LogP contribution in [0.15, 0.2) is 12.7 Å². The molecule has 0 spiro atoms. The van der Waals surface area contributed by atoms with Gasteiger partial charge in [-0.05, 0) is 36.5 Å². The van der Waals surface area contributed by atoms with E-state index < -0.39 is 29.6 Å². The molecule has 8 heteroatoms. The molecule has 0 aromatic carbocycles. The Bertz CT molecular complexity index is 838. The average molecular weight is 519 g/mol. The molecule has 0 unspecified atom stereocenters. The van der Waals surface area contributed by atoms with Crippen LogP contribution < -0.4 is 5.73 Å². The van der Waals surface area contributed by atoms with Crippen molar-refractivity contribution >= 4 is 29.7 Å². The lowest BCUT2D eigenvalue weighted by molar-refractivity contribution is -0.143. The van der Waals surface area contributed by atoms with Crippen LogP contribution in [-0.4, -0.2) is 60.4 Å². The van der Waals surface area contributed by atoms with E-state index in [-0.39, 0.29) is 35.9 Å². The van der Waals surface area contributed by atoms with E-state index in [1.54, 1.807) is 11.0 Å². The van der Waals surface area contributed by atoms with E-state index in [4.69, 9.17) is 10.5 Å². The summed E-state index contributed by atoms with van der Waals surface area (Å²) >= 11 is 0. The number of fused-ring (bicyclic) bond motifs is 3. The molecule has 3 fully saturated rings. The van der Waals surface area contributed by atoms with Gasteiger partial charge in [-0.15, -0.1) is 6.58 Å². The monoisotopic (exact) mass is 518 g/mol. The second-order valence-corrected chi connectivity index (χ2v) is 11.4. The molecule has 1 saturated carbocycles. The van der Waals surface area contributed by atoms with Gasteiger partial charge in [0.1, 0.15) is 0 Å². The molecule has 2 heterocycles. The molecule has 8 nitrogen and oxygen atoms in total. The Balaban J connectivity index is 0.00000112. The van der Waals surface area contributed by atoms with E-state index in [1.165, 1.54) is 7.11 Å². The largest absolute Gasteiger partial charge is 0.471 e. The molecule has 208 valence electrons. The molecular formula is C29H46N2O6. The fourth-order valence-corrected chi connectivity index (χ4v) is 6.13. The number of ketones is 3. The average Bonchev–Trinajstić information content (AvgIpc) is 3.20. The van der Waals surface area contributed by atoms with E-state index in [9.17, 15) is 19.2 Å². The standard InChI is InChI=1S/C27H42N2O4.C2H4O2/c1-4-5-15-21(30)25(32)18-13-11-9-7-6-8-10-12-14-20(28)26(33)29-17-19-23(27(19,2)3)24(29)22(31)16-18;1-4-2-3/h4,18-20,23-24H,1,5-17,28H2,2-3H3;2H,1H3/t18-,19+,20+,23+,24-;/m1./s1. The number of methoxy groups -OCH3 is 1. The second kappa shape index (κ2) is 14.6. The molecule has 2 saturated heterocycles.